The van der Waals surface area contributed by atoms with Crippen molar-refractivity contribution < 1.29 is 5.11 Å². The number of likely N-dealkylation sites (N-methyl/N-ethyl adjacent to an activating group) is 1. The molecule has 2 aromatic carbocycles. The van der Waals surface area contributed by atoms with Gasteiger partial charge in [0.05, 0.1) is 6.10 Å². The molecule has 0 bridgehead atoms. The minimum absolute atomic E-state index is 0.491. The van der Waals surface area contributed by atoms with Crippen molar-refractivity contribution in [3.05, 3.63) is 47.0 Å². The van der Waals surface area contributed by atoms with Crippen molar-refractivity contribution in [1.82, 2.24) is 5.32 Å². The summed E-state index contributed by atoms with van der Waals surface area (Å²) in [6, 6.07) is 11.6. The van der Waals surface area contributed by atoms with Crippen molar-refractivity contribution in [2.24, 2.45) is 0 Å². The molecule has 0 fully saturated rings. The van der Waals surface area contributed by atoms with Gasteiger partial charge >= 0.3 is 0 Å². The van der Waals surface area contributed by atoms with Crippen molar-refractivity contribution in [1.29, 1.82) is 0 Å². The molecule has 0 aliphatic heterocycles. The van der Waals surface area contributed by atoms with Gasteiger partial charge in [-0.15, -0.1) is 0 Å². The molecule has 0 aliphatic carbocycles. The molecule has 3 heteroatoms. The summed E-state index contributed by atoms with van der Waals surface area (Å²) in [7, 11) is 1.82. The molecule has 0 saturated heterocycles. The van der Waals surface area contributed by atoms with E-state index in [1.165, 1.54) is 0 Å². The summed E-state index contributed by atoms with van der Waals surface area (Å²) in [6.07, 6.45) is -0.491. The molecule has 1 atom stereocenters. The van der Waals surface area contributed by atoms with Crippen LogP contribution in [0.5, 0.6) is 0 Å². The molecule has 0 radical (unpaired) electrons. The zero-order valence-electron chi connectivity index (χ0n) is 9.07. The molecule has 2 aromatic rings. The lowest BCUT2D eigenvalue weighted by Gasteiger charge is -2.13. The standard InChI is InChI=1S/C13H14ClNO/c1-15-8-13(16)12-4-2-3-9-7-10(14)5-6-11(9)12/h2-7,13,15-16H,8H2,1H3. The van der Waals surface area contributed by atoms with E-state index in [0.29, 0.717) is 11.6 Å². The third-order valence-corrected chi connectivity index (χ3v) is 2.87. The Kier molecular flexibility index (Phi) is 3.44. The van der Waals surface area contributed by atoms with Gasteiger partial charge in [0.1, 0.15) is 0 Å². The molecule has 84 valence electrons. The average molecular weight is 236 g/mol. The second kappa shape index (κ2) is 4.83. The molecule has 0 spiro atoms. The van der Waals surface area contributed by atoms with Gasteiger partial charge in [-0.25, -0.2) is 0 Å². The lowest BCUT2D eigenvalue weighted by molar-refractivity contribution is 0.179. The smallest absolute Gasteiger partial charge is 0.0920 e. The lowest BCUT2D eigenvalue weighted by atomic mass is 10.0. The molecule has 0 aliphatic rings. The van der Waals surface area contributed by atoms with Crippen molar-refractivity contribution in [3.63, 3.8) is 0 Å². The predicted octanol–water partition coefficient (Wildman–Crippen LogP) is 2.75. The number of fused-ring (bicyclic) bond motifs is 1. The van der Waals surface area contributed by atoms with Gasteiger partial charge in [-0.3, -0.25) is 0 Å². The fourth-order valence-corrected chi connectivity index (χ4v) is 2.05. The van der Waals surface area contributed by atoms with Crippen LogP contribution in [0.1, 0.15) is 11.7 Å². The lowest BCUT2D eigenvalue weighted by Crippen LogP contribution is -2.16. The van der Waals surface area contributed by atoms with Gasteiger partial charge in [0, 0.05) is 11.6 Å². The van der Waals surface area contributed by atoms with E-state index in [1.54, 1.807) is 0 Å². The highest BCUT2D eigenvalue weighted by molar-refractivity contribution is 6.31. The number of nitrogens with one attached hydrogen (secondary N) is 1. The Morgan fingerprint density at radius 3 is 2.88 bits per heavy atom. The Bertz CT molecular complexity index is 498. The summed E-state index contributed by atoms with van der Waals surface area (Å²) in [4.78, 5) is 0. The fourth-order valence-electron chi connectivity index (χ4n) is 1.87. The predicted molar refractivity (Wildman–Crippen MR) is 67.8 cm³/mol. The Balaban J connectivity index is 2.53. The maximum Gasteiger partial charge on any atom is 0.0920 e. The molecule has 2 N–H and O–H groups in total. The maximum absolute atomic E-state index is 9.99. The minimum atomic E-state index is -0.491. The number of rotatable bonds is 3. The number of hydrogen-bond acceptors (Lipinski definition) is 2. The van der Waals surface area contributed by atoms with Crippen LogP contribution in [0.4, 0.5) is 0 Å². The van der Waals surface area contributed by atoms with E-state index >= 15 is 0 Å². The largest absolute Gasteiger partial charge is 0.387 e. The summed E-state index contributed by atoms with van der Waals surface area (Å²) in [5.74, 6) is 0. The van der Waals surface area contributed by atoms with Crippen LogP contribution < -0.4 is 5.32 Å². The molecule has 0 saturated carbocycles. The third kappa shape index (κ3) is 2.19. The first-order valence-corrected chi connectivity index (χ1v) is 5.61. The first kappa shape index (κ1) is 11.4. The van der Waals surface area contributed by atoms with E-state index in [9.17, 15) is 5.11 Å². The summed E-state index contributed by atoms with van der Waals surface area (Å²) >= 11 is 5.94. The van der Waals surface area contributed by atoms with Crippen molar-refractivity contribution in [2.45, 2.75) is 6.10 Å². The van der Waals surface area contributed by atoms with E-state index in [0.717, 1.165) is 16.3 Å². The molecule has 2 nitrogen and oxygen atoms in total. The summed E-state index contributed by atoms with van der Waals surface area (Å²) < 4.78 is 0. The third-order valence-electron chi connectivity index (χ3n) is 2.63. The van der Waals surface area contributed by atoms with Crippen LogP contribution in [0, 0.1) is 0 Å². The number of halogens is 1. The van der Waals surface area contributed by atoms with Crippen LogP contribution in [0.15, 0.2) is 36.4 Å². The monoisotopic (exact) mass is 235 g/mol. The van der Waals surface area contributed by atoms with E-state index in [2.05, 4.69) is 5.32 Å². The second-order valence-electron chi connectivity index (χ2n) is 3.79. The average Bonchev–Trinajstić information content (AvgIpc) is 2.28. The molecular formula is C13H14ClNO. The van der Waals surface area contributed by atoms with Crippen LogP contribution in [-0.2, 0) is 0 Å². The minimum Gasteiger partial charge on any atom is -0.387 e. The van der Waals surface area contributed by atoms with Gasteiger partial charge in [0.25, 0.3) is 0 Å². The normalized spacial score (nSPS) is 12.9. The number of benzene rings is 2. The highest BCUT2D eigenvalue weighted by atomic mass is 35.5. The van der Waals surface area contributed by atoms with Crippen LogP contribution in [-0.4, -0.2) is 18.7 Å². The Morgan fingerprint density at radius 1 is 1.31 bits per heavy atom. The first-order chi connectivity index (χ1) is 7.72. The van der Waals surface area contributed by atoms with E-state index in [-0.39, 0.29) is 0 Å². The van der Waals surface area contributed by atoms with Gasteiger partial charge < -0.3 is 10.4 Å². The molecule has 0 amide bonds. The molecular weight excluding hydrogens is 222 g/mol. The van der Waals surface area contributed by atoms with E-state index in [4.69, 9.17) is 11.6 Å². The van der Waals surface area contributed by atoms with Gasteiger partial charge in [-0.05, 0) is 35.5 Å². The van der Waals surface area contributed by atoms with Crippen LogP contribution in [0.3, 0.4) is 0 Å². The molecule has 0 aromatic heterocycles. The van der Waals surface area contributed by atoms with Crippen molar-refractivity contribution >= 4 is 22.4 Å². The Hall–Kier alpha value is -1.09. The second-order valence-corrected chi connectivity index (χ2v) is 4.22. The van der Waals surface area contributed by atoms with Gasteiger partial charge in [-0.1, -0.05) is 35.9 Å². The van der Waals surface area contributed by atoms with Crippen molar-refractivity contribution in [3.8, 4) is 0 Å². The quantitative estimate of drug-likeness (QED) is 0.858. The summed E-state index contributed by atoms with van der Waals surface area (Å²) in [5, 5.41) is 15.8. The van der Waals surface area contributed by atoms with Crippen LogP contribution in [0.25, 0.3) is 10.8 Å². The Labute approximate surface area is 99.9 Å². The first-order valence-electron chi connectivity index (χ1n) is 5.23. The number of aliphatic hydroxyl groups excluding tert-OH is 1. The fraction of sp³-hybridized carbons (Fsp3) is 0.231. The summed E-state index contributed by atoms with van der Waals surface area (Å²) in [6.45, 7) is 0.543. The van der Waals surface area contributed by atoms with Crippen LogP contribution in [0.2, 0.25) is 5.02 Å². The molecule has 1 unspecified atom stereocenters. The zero-order valence-corrected chi connectivity index (χ0v) is 9.83. The number of hydrogen-bond donors (Lipinski definition) is 2. The van der Waals surface area contributed by atoms with Gasteiger partial charge in [-0.2, -0.15) is 0 Å². The molecule has 2 rings (SSSR count). The summed E-state index contributed by atoms with van der Waals surface area (Å²) in [5.41, 5.74) is 0.934. The SMILES string of the molecule is CNCC(O)c1cccc2cc(Cl)ccc12. The molecule has 0 heterocycles. The number of aliphatic hydroxyl groups is 1. The zero-order chi connectivity index (χ0) is 11.5. The molecule has 16 heavy (non-hydrogen) atoms. The van der Waals surface area contributed by atoms with Crippen molar-refractivity contribution in [2.75, 3.05) is 13.6 Å². The van der Waals surface area contributed by atoms with Crippen LogP contribution >= 0.6 is 11.6 Å². The van der Waals surface area contributed by atoms with E-state index in [1.807, 2.05) is 43.4 Å². The van der Waals surface area contributed by atoms with Gasteiger partial charge in [0.2, 0.25) is 0 Å². The topological polar surface area (TPSA) is 32.3 Å². The van der Waals surface area contributed by atoms with E-state index < -0.39 is 6.10 Å². The van der Waals surface area contributed by atoms with Gasteiger partial charge in [0.15, 0.2) is 0 Å². The highest BCUT2D eigenvalue weighted by Gasteiger charge is 2.09. The maximum atomic E-state index is 9.99. The highest BCUT2D eigenvalue weighted by Crippen LogP contribution is 2.26. The Morgan fingerprint density at radius 2 is 2.12 bits per heavy atom.